The number of likely N-dealkylation sites (tertiary alicyclic amines) is 1. The fourth-order valence-electron chi connectivity index (χ4n) is 2.48. The van der Waals surface area contributed by atoms with E-state index >= 15 is 0 Å². The van der Waals surface area contributed by atoms with Crippen molar-refractivity contribution in [1.29, 1.82) is 0 Å². The number of nitrogens with zero attached hydrogens (tertiary/aromatic N) is 1. The van der Waals surface area contributed by atoms with Gasteiger partial charge in [0.15, 0.2) is 0 Å². The zero-order valence-electron chi connectivity index (χ0n) is 14.0. The van der Waals surface area contributed by atoms with E-state index in [1.807, 2.05) is 0 Å². The van der Waals surface area contributed by atoms with Crippen molar-refractivity contribution in [3.8, 4) is 0 Å². The fraction of sp³-hybridized carbons (Fsp3) is 0.938. The highest BCUT2D eigenvalue weighted by atomic mass is 16.2. The smallest absolute Gasteiger partial charge is 0.234 e. The number of carbonyl (C=O) groups excluding carboxylic acids is 1. The molecule has 1 heterocycles. The Hall–Kier alpha value is -0.610. The SMILES string of the molecule is CC(C)CNC(=O)CN1CCCCC1CNC(C)(C)C. The van der Waals surface area contributed by atoms with E-state index in [9.17, 15) is 4.79 Å². The molecule has 0 spiro atoms. The Kier molecular flexibility index (Phi) is 6.96. The molecule has 1 atom stereocenters. The molecule has 1 unspecified atom stereocenters. The Morgan fingerprint density at radius 2 is 2.00 bits per heavy atom. The van der Waals surface area contributed by atoms with Crippen LogP contribution in [0.15, 0.2) is 0 Å². The molecule has 1 fully saturated rings. The fourth-order valence-corrected chi connectivity index (χ4v) is 2.48. The highest BCUT2D eigenvalue weighted by molar-refractivity contribution is 5.78. The van der Waals surface area contributed by atoms with Crippen LogP contribution < -0.4 is 10.6 Å². The second-order valence-corrected chi connectivity index (χ2v) is 7.45. The van der Waals surface area contributed by atoms with Crippen molar-refractivity contribution in [2.24, 2.45) is 5.92 Å². The van der Waals surface area contributed by atoms with Gasteiger partial charge in [-0.05, 0) is 46.1 Å². The van der Waals surface area contributed by atoms with Gasteiger partial charge in [-0.15, -0.1) is 0 Å². The van der Waals surface area contributed by atoms with Crippen LogP contribution in [0.1, 0.15) is 53.9 Å². The van der Waals surface area contributed by atoms with Gasteiger partial charge in [-0.3, -0.25) is 9.69 Å². The van der Waals surface area contributed by atoms with E-state index in [0.717, 1.165) is 19.6 Å². The Bertz CT molecular complexity index is 297. The first kappa shape index (κ1) is 17.4. The van der Waals surface area contributed by atoms with Crippen molar-refractivity contribution in [3.05, 3.63) is 0 Å². The van der Waals surface area contributed by atoms with Crippen LogP contribution in [-0.2, 0) is 4.79 Å². The van der Waals surface area contributed by atoms with Gasteiger partial charge in [-0.1, -0.05) is 20.3 Å². The van der Waals surface area contributed by atoms with Crippen molar-refractivity contribution in [3.63, 3.8) is 0 Å². The van der Waals surface area contributed by atoms with Gasteiger partial charge in [0.1, 0.15) is 0 Å². The molecule has 4 heteroatoms. The molecule has 0 bridgehead atoms. The third-order valence-corrected chi connectivity index (χ3v) is 3.67. The van der Waals surface area contributed by atoms with Gasteiger partial charge < -0.3 is 10.6 Å². The topological polar surface area (TPSA) is 44.4 Å². The van der Waals surface area contributed by atoms with Gasteiger partial charge in [0.2, 0.25) is 5.91 Å². The lowest BCUT2D eigenvalue weighted by atomic mass is 10.0. The predicted molar refractivity (Wildman–Crippen MR) is 84.8 cm³/mol. The second-order valence-electron chi connectivity index (χ2n) is 7.45. The zero-order chi connectivity index (χ0) is 15.2. The maximum Gasteiger partial charge on any atom is 0.234 e. The zero-order valence-corrected chi connectivity index (χ0v) is 14.0. The summed E-state index contributed by atoms with van der Waals surface area (Å²) in [7, 11) is 0. The number of rotatable bonds is 6. The maximum atomic E-state index is 12.0. The summed E-state index contributed by atoms with van der Waals surface area (Å²) >= 11 is 0. The van der Waals surface area contributed by atoms with Gasteiger partial charge in [0, 0.05) is 24.7 Å². The summed E-state index contributed by atoms with van der Waals surface area (Å²) in [6, 6.07) is 0.493. The Balaban J connectivity index is 2.41. The molecule has 0 saturated carbocycles. The lowest BCUT2D eigenvalue weighted by Gasteiger charge is -2.37. The summed E-state index contributed by atoms with van der Waals surface area (Å²) in [4.78, 5) is 14.3. The Labute approximate surface area is 124 Å². The average Bonchev–Trinajstić information content (AvgIpc) is 2.34. The number of piperidine rings is 1. The molecule has 4 nitrogen and oxygen atoms in total. The molecule has 0 radical (unpaired) electrons. The highest BCUT2D eigenvalue weighted by Crippen LogP contribution is 2.16. The minimum atomic E-state index is 0.142. The third kappa shape index (κ3) is 7.25. The number of carbonyl (C=O) groups is 1. The molecule has 1 saturated heterocycles. The van der Waals surface area contributed by atoms with Crippen molar-refractivity contribution in [1.82, 2.24) is 15.5 Å². The molecule has 0 aliphatic carbocycles. The van der Waals surface area contributed by atoms with E-state index in [2.05, 4.69) is 50.2 Å². The summed E-state index contributed by atoms with van der Waals surface area (Å²) < 4.78 is 0. The minimum absolute atomic E-state index is 0.142. The van der Waals surface area contributed by atoms with Gasteiger partial charge >= 0.3 is 0 Å². The quantitative estimate of drug-likeness (QED) is 0.784. The average molecular weight is 283 g/mol. The maximum absolute atomic E-state index is 12.0. The standard InChI is InChI=1S/C16H33N3O/c1-13(2)10-17-15(20)12-19-9-7-6-8-14(19)11-18-16(3,4)5/h13-14,18H,6-12H2,1-5H3,(H,17,20). The van der Waals surface area contributed by atoms with Crippen LogP contribution in [0.2, 0.25) is 0 Å². The van der Waals surface area contributed by atoms with Crippen LogP contribution in [-0.4, -0.2) is 48.6 Å². The summed E-state index contributed by atoms with van der Waals surface area (Å²) in [6.07, 6.45) is 3.69. The molecule has 1 aliphatic rings. The normalized spacial score (nSPS) is 21.2. The monoisotopic (exact) mass is 283 g/mol. The Morgan fingerprint density at radius 3 is 2.60 bits per heavy atom. The van der Waals surface area contributed by atoms with E-state index in [1.54, 1.807) is 0 Å². The number of hydrogen-bond acceptors (Lipinski definition) is 3. The minimum Gasteiger partial charge on any atom is -0.355 e. The summed E-state index contributed by atoms with van der Waals surface area (Å²) in [5.74, 6) is 0.681. The van der Waals surface area contributed by atoms with Gasteiger partial charge in [0.05, 0.1) is 6.54 Å². The predicted octanol–water partition coefficient (Wildman–Crippen LogP) is 2.00. The third-order valence-electron chi connectivity index (χ3n) is 3.67. The molecule has 2 N–H and O–H groups in total. The van der Waals surface area contributed by atoms with E-state index in [4.69, 9.17) is 0 Å². The van der Waals surface area contributed by atoms with E-state index < -0.39 is 0 Å². The summed E-state index contributed by atoms with van der Waals surface area (Å²) in [5.41, 5.74) is 0.142. The molecule has 1 rings (SSSR count). The largest absolute Gasteiger partial charge is 0.355 e. The van der Waals surface area contributed by atoms with Crippen LogP contribution in [0.3, 0.4) is 0 Å². The number of amides is 1. The molecular weight excluding hydrogens is 250 g/mol. The van der Waals surface area contributed by atoms with Crippen molar-refractivity contribution in [2.75, 3.05) is 26.2 Å². The first-order valence-corrected chi connectivity index (χ1v) is 8.03. The van der Waals surface area contributed by atoms with Crippen LogP contribution in [0, 0.1) is 5.92 Å². The Morgan fingerprint density at radius 1 is 1.30 bits per heavy atom. The van der Waals surface area contributed by atoms with Crippen LogP contribution in [0.4, 0.5) is 0 Å². The first-order valence-electron chi connectivity index (χ1n) is 8.03. The van der Waals surface area contributed by atoms with Crippen molar-refractivity contribution >= 4 is 5.91 Å². The number of nitrogens with one attached hydrogen (secondary N) is 2. The first-order chi connectivity index (χ1) is 9.28. The lowest BCUT2D eigenvalue weighted by molar-refractivity contribution is -0.123. The molecular formula is C16H33N3O. The van der Waals surface area contributed by atoms with Crippen molar-refractivity contribution in [2.45, 2.75) is 65.5 Å². The van der Waals surface area contributed by atoms with Gasteiger partial charge in [-0.25, -0.2) is 0 Å². The second kappa shape index (κ2) is 7.99. The van der Waals surface area contributed by atoms with Gasteiger partial charge in [-0.2, -0.15) is 0 Å². The van der Waals surface area contributed by atoms with E-state index in [0.29, 0.717) is 18.5 Å². The van der Waals surface area contributed by atoms with Crippen LogP contribution >= 0.6 is 0 Å². The van der Waals surface area contributed by atoms with Gasteiger partial charge in [0.25, 0.3) is 0 Å². The molecule has 0 aromatic carbocycles. The van der Waals surface area contributed by atoms with Crippen LogP contribution in [0.5, 0.6) is 0 Å². The molecule has 0 aromatic heterocycles. The van der Waals surface area contributed by atoms with E-state index in [-0.39, 0.29) is 11.4 Å². The van der Waals surface area contributed by atoms with E-state index in [1.165, 1.54) is 19.3 Å². The summed E-state index contributed by atoms with van der Waals surface area (Å²) in [6.45, 7) is 14.2. The molecule has 20 heavy (non-hydrogen) atoms. The lowest BCUT2D eigenvalue weighted by Crippen LogP contribution is -2.52. The number of hydrogen-bond donors (Lipinski definition) is 2. The van der Waals surface area contributed by atoms with Crippen LogP contribution in [0.25, 0.3) is 0 Å². The highest BCUT2D eigenvalue weighted by Gasteiger charge is 2.25. The molecule has 1 amide bonds. The molecule has 118 valence electrons. The molecule has 1 aliphatic heterocycles. The summed E-state index contributed by atoms with van der Waals surface area (Å²) in [5, 5.41) is 6.59. The van der Waals surface area contributed by atoms with Crippen molar-refractivity contribution < 1.29 is 4.79 Å². The molecule has 0 aromatic rings.